The highest BCUT2D eigenvalue weighted by Crippen LogP contribution is 2.27. The highest BCUT2D eigenvalue weighted by molar-refractivity contribution is 7.18. The molecule has 1 amide bonds. The zero-order chi connectivity index (χ0) is 20.1. The van der Waals surface area contributed by atoms with Gasteiger partial charge in [0, 0.05) is 19.0 Å². The summed E-state index contributed by atoms with van der Waals surface area (Å²) in [6.45, 7) is 2.64. The number of nitrogens with one attached hydrogen (secondary N) is 1. The van der Waals surface area contributed by atoms with E-state index in [-0.39, 0.29) is 17.8 Å². The van der Waals surface area contributed by atoms with Crippen molar-refractivity contribution in [2.45, 2.75) is 31.8 Å². The molecular weight excluding hydrogens is 389 g/mol. The monoisotopic (exact) mass is 413 g/mol. The van der Waals surface area contributed by atoms with Gasteiger partial charge in [0.1, 0.15) is 23.2 Å². The smallest absolute Gasteiger partial charge is 0.223 e. The number of benzene rings is 2. The lowest BCUT2D eigenvalue weighted by atomic mass is 10.1. The van der Waals surface area contributed by atoms with Crippen LogP contribution in [0.2, 0.25) is 0 Å². The van der Waals surface area contributed by atoms with Crippen molar-refractivity contribution in [2.75, 3.05) is 19.7 Å². The molecule has 3 aromatic rings. The number of thiazole rings is 1. The number of ether oxygens (including phenoxy) is 1. The first-order chi connectivity index (χ1) is 14.2. The quantitative estimate of drug-likeness (QED) is 0.539. The molecule has 0 spiro atoms. The maximum absolute atomic E-state index is 12.9. The standard InChI is InChI=1S/C22H24FN3O2S/c23-16-5-8-18(9-6-16)28-14-13-24-12-11-17-7-10-22(27)26(17)15-21-25-19-3-1-2-4-20(19)29-21/h1-6,8-9,17,24H,7,10-15H2/t17-/m1/s1. The molecule has 1 aliphatic rings. The molecule has 0 unspecified atom stereocenters. The first-order valence-electron chi connectivity index (χ1n) is 9.92. The Morgan fingerprint density at radius 1 is 1.17 bits per heavy atom. The third-order valence-corrected chi connectivity index (χ3v) is 6.13. The minimum Gasteiger partial charge on any atom is -0.492 e. The van der Waals surface area contributed by atoms with Crippen molar-refractivity contribution in [3.05, 3.63) is 59.4 Å². The predicted octanol–water partition coefficient (Wildman–Crippen LogP) is 3.99. The van der Waals surface area contributed by atoms with Gasteiger partial charge in [-0.15, -0.1) is 11.3 Å². The van der Waals surface area contributed by atoms with Gasteiger partial charge in [0.25, 0.3) is 0 Å². The molecule has 4 rings (SSSR count). The number of carbonyl (C=O) groups excluding carboxylic acids is 1. The molecule has 1 aliphatic heterocycles. The van der Waals surface area contributed by atoms with E-state index < -0.39 is 0 Å². The fraction of sp³-hybridized carbons (Fsp3) is 0.364. The van der Waals surface area contributed by atoms with Crippen LogP contribution in [-0.2, 0) is 11.3 Å². The van der Waals surface area contributed by atoms with Gasteiger partial charge in [0.15, 0.2) is 0 Å². The minimum absolute atomic E-state index is 0.217. The van der Waals surface area contributed by atoms with Crippen LogP contribution >= 0.6 is 11.3 Å². The maximum Gasteiger partial charge on any atom is 0.223 e. The molecule has 1 N–H and O–H groups in total. The number of carbonyl (C=O) groups is 1. The zero-order valence-electron chi connectivity index (χ0n) is 16.1. The van der Waals surface area contributed by atoms with Gasteiger partial charge >= 0.3 is 0 Å². The number of fused-ring (bicyclic) bond motifs is 1. The molecule has 1 atom stereocenters. The lowest BCUT2D eigenvalue weighted by molar-refractivity contribution is -0.129. The van der Waals surface area contributed by atoms with Crippen LogP contribution in [0.1, 0.15) is 24.3 Å². The van der Waals surface area contributed by atoms with Gasteiger partial charge < -0.3 is 15.0 Å². The number of aromatic nitrogens is 1. The van der Waals surface area contributed by atoms with Gasteiger partial charge in [0.05, 0.1) is 16.8 Å². The molecule has 152 valence electrons. The topological polar surface area (TPSA) is 54.5 Å². The molecule has 0 radical (unpaired) electrons. The van der Waals surface area contributed by atoms with Gasteiger partial charge in [-0.3, -0.25) is 4.79 Å². The van der Waals surface area contributed by atoms with Crippen molar-refractivity contribution in [2.24, 2.45) is 0 Å². The molecule has 7 heteroatoms. The zero-order valence-corrected chi connectivity index (χ0v) is 17.0. The normalized spacial score (nSPS) is 16.7. The Hall–Kier alpha value is -2.51. The predicted molar refractivity (Wildman–Crippen MR) is 113 cm³/mol. The molecule has 2 heterocycles. The van der Waals surface area contributed by atoms with Crippen LogP contribution in [0.4, 0.5) is 4.39 Å². The van der Waals surface area contributed by atoms with Crippen molar-refractivity contribution in [1.29, 1.82) is 0 Å². The molecule has 1 saturated heterocycles. The summed E-state index contributed by atoms with van der Waals surface area (Å²) >= 11 is 1.66. The van der Waals surface area contributed by atoms with Gasteiger partial charge in [0.2, 0.25) is 5.91 Å². The van der Waals surface area contributed by atoms with Crippen molar-refractivity contribution < 1.29 is 13.9 Å². The third kappa shape index (κ3) is 5.10. The Balaban J connectivity index is 1.21. The summed E-state index contributed by atoms with van der Waals surface area (Å²) in [5, 5.41) is 4.36. The van der Waals surface area contributed by atoms with Crippen LogP contribution < -0.4 is 10.1 Å². The van der Waals surface area contributed by atoms with Crippen LogP contribution in [0.15, 0.2) is 48.5 Å². The number of rotatable bonds is 9. The van der Waals surface area contributed by atoms with E-state index in [1.165, 1.54) is 12.1 Å². The van der Waals surface area contributed by atoms with Crippen LogP contribution in [0, 0.1) is 5.82 Å². The minimum atomic E-state index is -0.267. The second-order valence-electron chi connectivity index (χ2n) is 7.13. The Bertz CT molecular complexity index is 927. The van der Waals surface area contributed by atoms with Gasteiger partial charge in [-0.25, -0.2) is 9.37 Å². The second kappa shape index (κ2) is 9.33. The van der Waals surface area contributed by atoms with Crippen molar-refractivity contribution in [3.63, 3.8) is 0 Å². The Labute approximate surface area is 173 Å². The molecule has 2 aromatic carbocycles. The lowest BCUT2D eigenvalue weighted by Crippen LogP contribution is -2.35. The average molecular weight is 414 g/mol. The Morgan fingerprint density at radius 3 is 2.83 bits per heavy atom. The second-order valence-corrected chi connectivity index (χ2v) is 8.25. The van der Waals surface area contributed by atoms with E-state index in [9.17, 15) is 9.18 Å². The third-order valence-electron chi connectivity index (χ3n) is 5.11. The van der Waals surface area contributed by atoms with Crippen molar-refractivity contribution in [3.8, 4) is 5.75 Å². The number of hydrogen-bond acceptors (Lipinski definition) is 5. The van der Waals surface area contributed by atoms with E-state index >= 15 is 0 Å². The molecular formula is C22H24FN3O2S. The summed E-state index contributed by atoms with van der Waals surface area (Å²) in [6.07, 6.45) is 2.42. The van der Waals surface area contributed by atoms with E-state index in [0.717, 1.165) is 34.6 Å². The Morgan fingerprint density at radius 2 is 2.00 bits per heavy atom. The summed E-state index contributed by atoms with van der Waals surface area (Å²) in [4.78, 5) is 19.0. The number of para-hydroxylation sites is 1. The maximum atomic E-state index is 12.9. The fourth-order valence-electron chi connectivity index (χ4n) is 3.61. The fourth-order valence-corrected chi connectivity index (χ4v) is 4.58. The molecule has 0 bridgehead atoms. The summed E-state index contributed by atoms with van der Waals surface area (Å²) < 4.78 is 19.6. The summed E-state index contributed by atoms with van der Waals surface area (Å²) in [6, 6.07) is 14.4. The lowest BCUT2D eigenvalue weighted by Gasteiger charge is -2.24. The number of amides is 1. The number of likely N-dealkylation sites (tertiary alicyclic amines) is 1. The molecule has 29 heavy (non-hydrogen) atoms. The highest BCUT2D eigenvalue weighted by atomic mass is 32.1. The van der Waals surface area contributed by atoms with E-state index in [1.54, 1.807) is 23.5 Å². The van der Waals surface area contributed by atoms with E-state index in [2.05, 4.69) is 16.4 Å². The van der Waals surface area contributed by atoms with Crippen molar-refractivity contribution >= 4 is 27.5 Å². The van der Waals surface area contributed by atoms with Gasteiger partial charge in [-0.1, -0.05) is 12.1 Å². The van der Waals surface area contributed by atoms with E-state index in [1.807, 2.05) is 23.1 Å². The number of halogens is 1. The Kier molecular flexibility index (Phi) is 6.36. The molecule has 0 saturated carbocycles. The van der Waals surface area contributed by atoms with Crippen LogP contribution in [0.5, 0.6) is 5.75 Å². The summed E-state index contributed by atoms with van der Waals surface area (Å²) in [7, 11) is 0. The molecule has 1 fully saturated rings. The van der Waals surface area contributed by atoms with Gasteiger partial charge in [-0.2, -0.15) is 0 Å². The van der Waals surface area contributed by atoms with Crippen molar-refractivity contribution in [1.82, 2.24) is 15.2 Å². The number of hydrogen-bond donors (Lipinski definition) is 1. The first-order valence-corrected chi connectivity index (χ1v) is 10.7. The van der Waals surface area contributed by atoms with Crippen LogP contribution in [-0.4, -0.2) is 41.5 Å². The molecule has 5 nitrogen and oxygen atoms in total. The first kappa shape index (κ1) is 19.8. The largest absolute Gasteiger partial charge is 0.492 e. The average Bonchev–Trinajstić information content (AvgIpc) is 3.29. The molecule has 0 aliphatic carbocycles. The van der Waals surface area contributed by atoms with Crippen LogP contribution in [0.3, 0.4) is 0 Å². The summed E-state index contributed by atoms with van der Waals surface area (Å²) in [5.41, 5.74) is 0.999. The van der Waals surface area contributed by atoms with Gasteiger partial charge in [-0.05, 0) is 55.8 Å². The SMILES string of the molecule is O=C1CC[C@H](CCNCCOc2ccc(F)cc2)N1Cc1nc2ccccc2s1. The van der Waals surface area contributed by atoms with E-state index in [0.29, 0.717) is 31.9 Å². The number of nitrogens with zero attached hydrogens (tertiary/aromatic N) is 2. The highest BCUT2D eigenvalue weighted by Gasteiger charge is 2.31. The summed E-state index contributed by atoms with van der Waals surface area (Å²) in [5.74, 6) is 0.613. The van der Waals surface area contributed by atoms with Crippen LogP contribution in [0.25, 0.3) is 10.2 Å². The van der Waals surface area contributed by atoms with E-state index in [4.69, 9.17) is 4.74 Å². The molecule has 1 aromatic heterocycles.